The van der Waals surface area contributed by atoms with Crippen molar-refractivity contribution in [2.45, 2.75) is 57.5 Å². The number of hydrogen-bond acceptors (Lipinski definition) is 3. The van der Waals surface area contributed by atoms with Gasteiger partial charge in [-0.3, -0.25) is 4.79 Å². The van der Waals surface area contributed by atoms with Crippen LogP contribution in [0.4, 0.5) is 0 Å². The summed E-state index contributed by atoms with van der Waals surface area (Å²) in [5.41, 5.74) is 0. The zero-order valence-corrected chi connectivity index (χ0v) is 12.4. The zero-order valence-electron chi connectivity index (χ0n) is 12.4. The maximum Gasteiger partial charge on any atom is 0.248 e. The SMILES string of the molecule is COCC(=O)N1CCC(NC2CCCC(C)C2)CC1. The van der Waals surface area contributed by atoms with Gasteiger partial charge in [0.25, 0.3) is 0 Å². The van der Waals surface area contributed by atoms with E-state index < -0.39 is 0 Å². The highest BCUT2D eigenvalue weighted by molar-refractivity contribution is 5.77. The minimum Gasteiger partial charge on any atom is -0.375 e. The highest BCUT2D eigenvalue weighted by atomic mass is 16.5. The lowest BCUT2D eigenvalue weighted by Gasteiger charge is -2.36. The number of amides is 1. The summed E-state index contributed by atoms with van der Waals surface area (Å²) >= 11 is 0. The number of hydrogen-bond donors (Lipinski definition) is 1. The van der Waals surface area contributed by atoms with Gasteiger partial charge in [0.05, 0.1) is 0 Å². The van der Waals surface area contributed by atoms with Gasteiger partial charge in [0.2, 0.25) is 5.91 Å². The van der Waals surface area contributed by atoms with Gasteiger partial charge in [0.15, 0.2) is 0 Å². The molecule has 4 nitrogen and oxygen atoms in total. The van der Waals surface area contributed by atoms with Crippen LogP contribution in [0.1, 0.15) is 45.4 Å². The van der Waals surface area contributed by atoms with Crippen molar-refractivity contribution in [1.29, 1.82) is 0 Å². The molecule has 1 aliphatic carbocycles. The summed E-state index contributed by atoms with van der Waals surface area (Å²) in [4.78, 5) is 13.7. The van der Waals surface area contributed by atoms with Crippen LogP contribution >= 0.6 is 0 Å². The monoisotopic (exact) mass is 268 g/mol. The number of nitrogens with one attached hydrogen (secondary N) is 1. The van der Waals surface area contributed by atoms with Crippen molar-refractivity contribution in [3.63, 3.8) is 0 Å². The van der Waals surface area contributed by atoms with Gasteiger partial charge in [0, 0.05) is 32.3 Å². The third-order valence-corrected chi connectivity index (χ3v) is 4.52. The van der Waals surface area contributed by atoms with Gasteiger partial charge in [-0.1, -0.05) is 19.8 Å². The molecule has 2 aliphatic rings. The molecule has 2 unspecified atom stereocenters. The fourth-order valence-corrected chi connectivity index (χ4v) is 3.43. The van der Waals surface area contributed by atoms with Gasteiger partial charge in [-0.05, 0) is 31.6 Å². The number of likely N-dealkylation sites (tertiary alicyclic amines) is 1. The van der Waals surface area contributed by atoms with Crippen LogP contribution in [0.15, 0.2) is 0 Å². The molecule has 0 spiro atoms. The summed E-state index contributed by atoms with van der Waals surface area (Å²) in [7, 11) is 1.58. The van der Waals surface area contributed by atoms with E-state index in [1.165, 1.54) is 25.7 Å². The second-order valence-corrected chi connectivity index (χ2v) is 6.22. The second-order valence-electron chi connectivity index (χ2n) is 6.22. The molecule has 110 valence electrons. The Balaban J connectivity index is 1.69. The molecule has 0 aromatic rings. The van der Waals surface area contributed by atoms with Crippen LogP contribution in [0.3, 0.4) is 0 Å². The van der Waals surface area contributed by atoms with E-state index in [0.29, 0.717) is 12.1 Å². The summed E-state index contributed by atoms with van der Waals surface area (Å²) in [6.45, 7) is 4.34. The van der Waals surface area contributed by atoms with E-state index in [-0.39, 0.29) is 12.5 Å². The third kappa shape index (κ3) is 4.46. The number of nitrogens with zero attached hydrogens (tertiary/aromatic N) is 1. The zero-order chi connectivity index (χ0) is 13.7. The molecule has 2 atom stereocenters. The first-order valence-corrected chi connectivity index (χ1v) is 7.71. The molecule has 2 fully saturated rings. The van der Waals surface area contributed by atoms with Crippen LogP contribution in [0.25, 0.3) is 0 Å². The maximum atomic E-state index is 11.7. The normalized spacial score (nSPS) is 29.5. The molecule has 0 aromatic heterocycles. The van der Waals surface area contributed by atoms with E-state index in [9.17, 15) is 4.79 Å². The highest BCUT2D eigenvalue weighted by Crippen LogP contribution is 2.24. The Labute approximate surface area is 116 Å². The van der Waals surface area contributed by atoms with Gasteiger partial charge in [0.1, 0.15) is 6.61 Å². The molecule has 1 N–H and O–H groups in total. The quantitative estimate of drug-likeness (QED) is 0.845. The van der Waals surface area contributed by atoms with E-state index in [1.54, 1.807) is 7.11 Å². The van der Waals surface area contributed by atoms with Crippen LogP contribution in [0.2, 0.25) is 0 Å². The van der Waals surface area contributed by atoms with Gasteiger partial charge >= 0.3 is 0 Å². The molecule has 0 bridgehead atoms. The molecule has 19 heavy (non-hydrogen) atoms. The van der Waals surface area contributed by atoms with Crippen LogP contribution < -0.4 is 5.32 Å². The number of rotatable bonds is 4. The van der Waals surface area contributed by atoms with E-state index in [4.69, 9.17) is 4.74 Å². The fraction of sp³-hybridized carbons (Fsp3) is 0.933. The molecule has 1 amide bonds. The summed E-state index contributed by atoms with van der Waals surface area (Å²) in [5.74, 6) is 1.00. The van der Waals surface area contributed by atoms with Crippen molar-refractivity contribution in [1.82, 2.24) is 10.2 Å². The minimum atomic E-state index is 0.132. The average molecular weight is 268 g/mol. The van der Waals surface area contributed by atoms with Crippen molar-refractivity contribution < 1.29 is 9.53 Å². The molecule has 1 aliphatic heterocycles. The van der Waals surface area contributed by atoms with Gasteiger partial charge in [-0.15, -0.1) is 0 Å². The first kappa shape index (κ1) is 14.8. The van der Waals surface area contributed by atoms with Crippen molar-refractivity contribution >= 4 is 5.91 Å². The second kappa shape index (κ2) is 7.25. The molecule has 0 aromatic carbocycles. The standard InChI is InChI=1S/C15H28N2O2/c1-12-4-3-5-14(10-12)16-13-6-8-17(9-7-13)15(18)11-19-2/h12-14,16H,3-11H2,1-2H3. The largest absolute Gasteiger partial charge is 0.375 e. The molecule has 4 heteroatoms. The lowest BCUT2D eigenvalue weighted by atomic mass is 9.86. The van der Waals surface area contributed by atoms with Crippen molar-refractivity contribution in [3.8, 4) is 0 Å². The maximum absolute atomic E-state index is 11.7. The molecular formula is C15H28N2O2. The van der Waals surface area contributed by atoms with Gasteiger partial charge in [-0.25, -0.2) is 0 Å². The Bertz CT molecular complexity index is 288. The third-order valence-electron chi connectivity index (χ3n) is 4.52. The van der Waals surface area contributed by atoms with E-state index in [1.807, 2.05) is 4.90 Å². The number of carbonyl (C=O) groups excluding carboxylic acids is 1. The smallest absolute Gasteiger partial charge is 0.248 e. The molecular weight excluding hydrogens is 240 g/mol. The van der Waals surface area contributed by atoms with Crippen molar-refractivity contribution in [2.24, 2.45) is 5.92 Å². The predicted octanol–water partition coefficient (Wildman–Crippen LogP) is 1.79. The first-order chi connectivity index (χ1) is 9.19. The van der Waals surface area contributed by atoms with E-state index in [2.05, 4.69) is 12.2 Å². The Morgan fingerprint density at radius 1 is 1.21 bits per heavy atom. The van der Waals surface area contributed by atoms with Crippen LogP contribution in [-0.2, 0) is 9.53 Å². The number of methoxy groups -OCH3 is 1. The molecule has 1 heterocycles. The van der Waals surface area contributed by atoms with Crippen molar-refractivity contribution in [3.05, 3.63) is 0 Å². The number of carbonyl (C=O) groups is 1. The van der Waals surface area contributed by atoms with E-state index >= 15 is 0 Å². The lowest BCUT2D eigenvalue weighted by molar-refractivity contribution is -0.136. The number of piperidine rings is 1. The Morgan fingerprint density at radius 2 is 1.95 bits per heavy atom. The topological polar surface area (TPSA) is 41.6 Å². The van der Waals surface area contributed by atoms with Crippen LogP contribution in [-0.4, -0.2) is 49.7 Å². The minimum absolute atomic E-state index is 0.132. The summed E-state index contributed by atoms with van der Waals surface area (Å²) in [6.07, 6.45) is 7.57. The molecule has 1 saturated carbocycles. The Kier molecular flexibility index (Phi) is 5.64. The number of ether oxygens (including phenoxy) is 1. The van der Waals surface area contributed by atoms with Crippen LogP contribution in [0, 0.1) is 5.92 Å². The summed E-state index contributed by atoms with van der Waals surface area (Å²) in [5, 5.41) is 3.81. The highest BCUT2D eigenvalue weighted by Gasteiger charge is 2.26. The Morgan fingerprint density at radius 3 is 2.58 bits per heavy atom. The molecule has 2 rings (SSSR count). The van der Waals surface area contributed by atoms with Crippen molar-refractivity contribution in [2.75, 3.05) is 26.8 Å². The first-order valence-electron chi connectivity index (χ1n) is 7.71. The molecule has 0 radical (unpaired) electrons. The van der Waals surface area contributed by atoms with E-state index in [0.717, 1.165) is 31.8 Å². The predicted molar refractivity (Wildman–Crippen MR) is 76.0 cm³/mol. The Hall–Kier alpha value is -0.610. The molecule has 1 saturated heterocycles. The van der Waals surface area contributed by atoms with Gasteiger partial charge in [-0.2, -0.15) is 0 Å². The lowest BCUT2D eigenvalue weighted by Crippen LogP contribution is -2.49. The fourth-order valence-electron chi connectivity index (χ4n) is 3.43. The van der Waals surface area contributed by atoms with Gasteiger partial charge < -0.3 is 15.0 Å². The average Bonchev–Trinajstić information content (AvgIpc) is 2.40. The summed E-state index contributed by atoms with van der Waals surface area (Å²) < 4.78 is 4.91. The summed E-state index contributed by atoms with van der Waals surface area (Å²) in [6, 6.07) is 1.30. The van der Waals surface area contributed by atoms with Crippen LogP contribution in [0.5, 0.6) is 0 Å².